The second-order valence-electron chi connectivity index (χ2n) is 5.13. The zero-order valence-corrected chi connectivity index (χ0v) is 10.7. The Morgan fingerprint density at radius 1 is 0.850 bits per heavy atom. The molecule has 1 fully saturated rings. The number of benzene rings is 2. The molecule has 0 aliphatic heterocycles. The predicted octanol–water partition coefficient (Wildman–Crippen LogP) is 4.46. The van der Waals surface area contributed by atoms with E-state index in [-0.39, 0.29) is 23.5 Å². The highest BCUT2D eigenvalue weighted by molar-refractivity contribution is 5.46. The van der Waals surface area contributed by atoms with Crippen molar-refractivity contribution in [3.63, 3.8) is 0 Å². The predicted molar refractivity (Wildman–Crippen MR) is 72.1 cm³/mol. The van der Waals surface area contributed by atoms with Crippen molar-refractivity contribution in [2.75, 3.05) is 5.32 Å². The molecule has 20 heavy (non-hydrogen) atoms. The molecule has 0 bridgehead atoms. The summed E-state index contributed by atoms with van der Waals surface area (Å²) in [7, 11) is 0. The molecular weight excluding hydrogens is 263 g/mol. The molecule has 104 valence electrons. The first-order chi connectivity index (χ1) is 9.65. The van der Waals surface area contributed by atoms with Gasteiger partial charge in [-0.05, 0) is 42.5 Å². The van der Waals surface area contributed by atoms with Gasteiger partial charge in [0, 0.05) is 6.04 Å². The van der Waals surface area contributed by atoms with Gasteiger partial charge in [-0.1, -0.05) is 24.3 Å². The number of hydrogen-bond donors (Lipinski definition) is 1. The summed E-state index contributed by atoms with van der Waals surface area (Å²) >= 11 is 0. The molecule has 1 aliphatic carbocycles. The van der Waals surface area contributed by atoms with E-state index in [1.807, 2.05) is 6.07 Å². The topological polar surface area (TPSA) is 12.0 Å². The van der Waals surface area contributed by atoms with Crippen LogP contribution in [0.3, 0.4) is 0 Å². The van der Waals surface area contributed by atoms with Gasteiger partial charge in [0.05, 0.1) is 5.69 Å². The van der Waals surface area contributed by atoms with Gasteiger partial charge in [0.15, 0.2) is 11.6 Å². The Bertz CT molecular complexity index is 621. The van der Waals surface area contributed by atoms with E-state index in [1.54, 1.807) is 12.1 Å². The van der Waals surface area contributed by atoms with Crippen LogP contribution in [0.1, 0.15) is 24.3 Å². The maximum atomic E-state index is 13.6. The fraction of sp³-hybridized carbons (Fsp3) is 0.250. The normalized spacial score (nSPS) is 21.4. The van der Waals surface area contributed by atoms with Crippen molar-refractivity contribution in [1.29, 1.82) is 0 Å². The van der Waals surface area contributed by atoms with Gasteiger partial charge in [0.1, 0.15) is 5.82 Å². The molecule has 0 amide bonds. The molecule has 1 aliphatic rings. The lowest BCUT2D eigenvalue weighted by molar-refractivity contribution is 0.361. The van der Waals surface area contributed by atoms with Crippen LogP contribution in [0, 0.1) is 17.5 Å². The highest BCUT2D eigenvalue weighted by Crippen LogP contribution is 2.39. The number of nitrogens with one attached hydrogen (secondary N) is 1. The summed E-state index contributed by atoms with van der Waals surface area (Å²) in [5.74, 6) is -1.78. The molecule has 0 atom stereocenters. The molecule has 2 aromatic carbocycles. The van der Waals surface area contributed by atoms with E-state index in [0.717, 1.165) is 18.9 Å². The highest BCUT2D eigenvalue weighted by Gasteiger charge is 2.32. The van der Waals surface area contributed by atoms with Crippen molar-refractivity contribution in [3.05, 3.63) is 65.5 Å². The van der Waals surface area contributed by atoms with E-state index in [1.165, 1.54) is 18.2 Å². The molecule has 0 heterocycles. The number of hydrogen-bond acceptors (Lipinski definition) is 1. The average molecular weight is 277 g/mol. The van der Waals surface area contributed by atoms with E-state index in [4.69, 9.17) is 0 Å². The van der Waals surface area contributed by atoms with Crippen LogP contribution in [-0.2, 0) is 0 Å². The van der Waals surface area contributed by atoms with Gasteiger partial charge in [-0.25, -0.2) is 13.2 Å². The van der Waals surface area contributed by atoms with E-state index >= 15 is 0 Å². The lowest BCUT2D eigenvalue weighted by Gasteiger charge is -2.37. The fourth-order valence-corrected chi connectivity index (χ4v) is 2.63. The third kappa shape index (κ3) is 2.38. The first-order valence-electron chi connectivity index (χ1n) is 6.60. The maximum absolute atomic E-state index is 13.6. The minimum atomic E-state index is -0.861. The lowest BCUT2D eigenvalue weighted by Crippen LogP contribution is -2.34. The Hall–Kier alpha value is -1.97. The van der Waals surface area contributed by atoms with Crippen LogP contribution in [0.5, 0.6) is 0 Å². The third-order valence-corrected chi connectivity index (χ3v) is 3.79. The van der Waals surface area contributed by atoms with Gasteiger partial charge in [0.2, 0.25) is 0 Å². The van der Waals surface area contributed by atoms with Crippen LogP contribution in [0.4, 0.5) is 18.9 Å². The quantitative estimate of drug-likeness (QED) is 0.873. The lowest BCUT2D eigenvalue weighted by atomic mass is 9.75. The molecule has 1 nitrogen and oxygen atoms in total. The highest BCUT2D eigenvalue weighted by atomic mass is 19.2. The van der Waals surface area contributed by atoms with Gasteiger partial charge in [-0.2, -0.15) is 0 Å². The fourth-order valence-electron chi connectivity index (χ4n) is 2.63. The Kier molecular flexibility index (Phi) is 3.38. The monoisotopic (exact) mass is 277 g/mol. The van der Waals surface area contributed by atoms with Crippen molar-refractivity contribution in [3.8, 4) is 0 Å². The summed E-state index contributed by atoms with van der Waals surface area (Å²) in [6.07, 6.45) is 1.44. The first kappa shape index (κ1) is 13.0. The molecule has 0 aromatic heterocycles. The van der Waals surface area contributed by atoms with E-state index in [9.17, 15) is 13.2 Å². The molecule has 4 heteroatoms. The Morgan fingerprint density at radius 2 is 1.55 bits per heavy atom. The maximum Gasteiger partial charge on any atom is 0.181 e. The van der Waals surface area contributed by atoms with Crippen LogP contribution in [0.15, 0.2) is 42.5 Å². The van der Waals surface area contributed by atoms with E-state index in [2.05, 4.69) is 5.32 Å². The second kappa shape index (κ2) is 5.19. The van der Waals surface area contributed by atoms with Crippen molar-refractivity contribution in [2.24, 2.45) is 0 Å². The number of halogens is 3. The largest absolute Gasteiger partial charge is 0.380 e. The Morgan fingerprint density at radius 3 is 2.30 bits per heavy atom. The number of rotatable bonds is 3. The van der Waals surface area contributed by atoms with Gasteiger partial charge < -0.3 is 5.32 Å². The minimum absolute atomic E-state index is 0.0518. The van der Waals surface area contributed by atoms with Crippen LogP contribution < -0.4 is 5.32 Å². The Balaban J connectivity index is 1.64. The summed E-state index contributed by atoms with van der Waals surface area (Å²) in [5, 5.41) is 2.97. The smallest absolute Gasteiger partial charge is 0.181 e. The van der Waals surface area contributed by atoms with Crippen molar-refractivity contribution in [1.82, 2.24) is 0 Å². The zero-order valence-electron chi connectivity index (χ0n) is 10.7. The molecule has 3 rings (SSSR count). The Labute approximate surface area is 115 Å². The summed E-state index contributed by atoms with van der Waals surface area (Å²) in [5.41, 5.74) is 0.868. The minimum Gasteiger partial charge on any atom is -0.380 e. The molecule has 2 aromatic rings. The van der Waals surface area contributed by atoms with Gasteiger partial charge in [-0.3, -0.25) is 0 Å². The van der Waals surface area contributed by atoms with Crippen LogP contribution >= 0.6 is 0 Å². The summed E-state index contributed by atoms with van der Waals surface area (Å²) < 4.78 is 40.2. The van der Waals surface area contributed by atoms with Crippen molar-refractivity contribution < 1.29 is 13.2 Å². The van der Waals surface area contributed by atoms with Crippen LogP contribution in [-0.4, -0.2) is 6.04 Å². The van der Waals surface area contributed by atoms with Crippen molar-refractivity contribution in [2.45, 2.75) is 24.8 Å². The zero-order chi connectivity index (χ0) is 14.1. The van der Waals surface area contributed by atoms with E-state index < -0.39 is 11.6 Å². The number of anilines is 1. The standard InChI is InChI=1S/C16H14F3N/c17-13-5-2-1-4-12(13)10-8-11(9-10)20-15-7-3-6-14(18)16(15)19/h1-7,10-11,20H,8-9H2. The molecule has 1 N–H and O–H groups in total. The first-order valence-corrected chi connectivity index (χ1v) is 6.60. The van der Waals surface area contributed by atoms with Crippen LogP contribution in [0.2, 0.25) is 0 Å². The SMILES string of the molecule is Fc1ccccc1C1CC(Nc2cccc(F)c2F)C1. The third-order valence-electron chi connectivity index (χ3n) is 3.79. The molecular formula is C16H14F3N. The average Bonchev–Trinajstić information content (AvgIpc) is 2.39. The van der Waals surface area contributed by atoms with Gasteiger partial charge in [0.25, 0.3) is 0 Å². The van der Waals surface area contributed by atoms with Gasteiger partial charge >= 0.3 is 0 Å². The molecule has 0 radical (unpaired) electrons. The summed E-state index contributed by atoms with van der Waals surface area (Å²) in [6, 6.07) is 10.8. The molecule has 0 saturated heterocycles. The molecule has 0 spiro atoms. The van der Waals surface area contributed by atoms with Crippen LogP contribution in [0.25, 0.3) is 0 Å². The van der Waals surface area contributed by atoms with Gasteiger partial charge in [-0.15, -0.1) is 0 Å². The van der Waals surface area contributed by atoms with E-state index in [0.29, 0.717) is 5.56 Å². The molecule has 1 saturated carbocycles. The second-order valence-corrected chi connectivity index (χ2v) is 5.13. The van der Waals surface area contributed by atoms with Crippen molar-refractivity contribution >= 4 is 5.69 Å². The summed E-state index contributed by atoms with van der Waals surface area (Å²) in [4.78, 5) is 0. The summed E-state index contributed by atoms with van der Waals surface area (Å²) in [6.45, 7) is 0. The molecule has 0 unspecified atom stereocenters.